The predicted octanol–water partition coefficient (Wildman–Crippen LogP) is 3.07. The van der Waals surface area contributed by atoms with Crippen LogP contribution in [0.4, 0.5) is 5.69 Å². The summed E-state index contributed by atoms with van der Waals surface area (Å²) in [7, 11) is 5.63. The van der Waals surface area contributed by atoms with E-state index in [0.29, 0.717) is 24.4 Å². The van der Waals surface area contributed by atoms with Crippen molar-refractivity contribution in [2.24, 2.45) is 0 Å². The zero-order chi connectivity index (χ0) is 18.7. The van der Waals surface area contributed by atoms with Crippen LogP contribution < -0.4 is 9.64 Å². The first-order valence-corrected chi connectivity index (χ1v) is 8.60. The van der Waals surface area contributed by atoms with Crippen LogP contribution in [0, 0.1) is 0 Å². The lowest BCUT2D eigenvalue weighted by Crippen LogP contribution is -2.30. The minimum Gasteiger partial charge on any atom is -0.497 e. The van der Waals surface area contributed by atoms with Gasteiger partial charge in [-0.25, -0.2) is 4.52 Å². The van der Waals surface area contributed by atoms with Crippen molar-refractivity contribution in [1.82, 2.24) is 14.5 Å². The average Bonchev–Trinajstić information content (AvgIpc) is 3.08. The number of anilines is 1. The van der Waals surface area contributed by atoms with Crippen molar-refractivity contribution in [2.75, 3.05) is 32.6 Å². The predicted molar refractivity (Wildman–Crippen MR) is 103 cm³/mol. The summed E-state index contributed by atoms with van der Waals surface area (Å²) in [5.74, 6) is 0.668. The molecule has 0 aliphatic rings. The molecule has 136 valence electrons. The molecule has 0 spiro atoms. The van der Waals surface area contributed by atoms with E-state index in [0.717, 1.165) is 16.8 Å². The second-order valence-corrected chi connectivity index (χ2v) is 6.33. The van der Waals surface area contributed by atoms with Gasteiger partial charge in [0, 0.05) is 45.1 Å². The Bertz CT molecular complexity index is 900. The Morgan fingerprint density at radius 1 is 1.19 bits per heavy atom. The second kappa shape index (κ2) is 7.47. The maximum Gasteiger partial charge on any atom is 0.257 e. The second-order valence-electron chi connectivity index (χ2n) is 6.33. The number of aromatic nitrogens is 2. The molecule has 6 heteroatoms. The molecule has 3 aromatic rings. The summed E-state index contributed by atoms with van der Waals surface area (Å²) in [5.41, 5.74) is 3.56. The van der Waals surface area contributed by atoms with Gasteiger partial charge in [0.25, 0.3) is 5.91 Å². The van der Waals surface area contributed by atoms with Crippen molar-refractivity contribution in [3.05, 3.63) is 59.9 Å². The van der Waals surface area contributed by atoms with Crippen LogP contribution in [0.2, 0.25) is 0 Å². The fourth-order valence-corrected chi connectivity index (χ4v) is 2.87. The highest BCUT2D eigenvalue weighted by atomic mass is 16.5. The van der Waals surface area contributed by atoms with Gasteiger partial charge in [-0.2, -0.15) is 5.10 Å². The van der Waals surface area contributed by atoms with Crippen LogP contribution in [-0.4, -0.2) is 48.2 Å². The van der Waals surface area contributed by atoms with Gasteiger partial charge >= 0.3 is 0 Å². The molecule has 2 heterocycles. The molecule has 6 nitrogen and oxygen atoms in total. The number of rotatable bonds is 6. The fraction of sp³-hybridized carbons (Fsp3) is 0.300. The third-order valence-electron chi connectivity index (χ3n) is 4.45. The molecule has 3 rings (SSSR count). The van der Waals surface area contributed by atoms with Gasteiger partial charge in [-0.15, -0.1) is 0 Å². The highest BCUT2D eigenvalue weighted by molar-refractivity contribution is 6.00. The standard InChI is InChI=1S/C20H24N4O2/c1-5-23(14-15-6-8-16(9-7-15)22(2)3)20(25)18-13-21-24-11-10-17(26-4)12-19(18)24/h6-13H,5,14H2,1-4H3. The van der Waals surface area contributed by atoms with Gasteiger partial charge < -0.3 is 14.5 Å². The van der Waals surface area contributed by atoms with Crippen molar-refractivity contribution < 1.29 is 9.53 Å². The molecule has 0 aliphatic heterocycles. The molecule has 0 N–H and O–H groups in total. The number of hydrogen-bond donors (Lipinski definition) is 0. The van der Waals surface area contributed by atoms with Gasteiger partial charge in [0.2, 0.25) is 0 Å². The van der Waals surface area contributed by atoms with Crippen LogP contribution in [-0.2, 0) is 6.54 Å². The number of amides is 1. The maximum absolute atomic E-state index is 13.1. The lowest BCUT2D eigenvalue weighted by atomic mass is 10.1. The lowest BCUT2D eigenvalue weighted by molar-refractivity contribution is 0.0754. The first kappa shape index (κ1) is 17.8. The minimum absolute atomic E-state index is 0.0348. The van der Waals surface area contributed by atoms with Gasteiger partial charge in [-0.05, 0) is 30.7 Å². The molecule has 0 radical (unpaired) electrons. The summed E-state index contributed by atoms with van der Waals surface area (Å²) in [6.45, 7) is 3.16. The molecule has 0 atom stereocenters. The summed E-state index contributed by atoms with van der Waals surface area (Å²) >= 11 is 0. The van der Waals surface area contributed by atoms with Gasteiger partial charge in [0.15, 0.2) is 0 Å². The molecule has 0 aliphatic carbocycles. The fourth-order valence-electron chi connectivity index (χ4n) is 2.87. The molecule has 0 bridgehead atoms. The van der Waals surface area contributed by atoms with E-state index in [1.165, 1.54) is 0 Å². The molecule has 0 unspecified atom stereocenters. The van der Waals surface area contributed by atoms with Crippen molar-refractivity contribution in [1.29, 1.82) is 0 Å². The van der Waals surface area contributed by atoms with E-state index in [9.17, 15) is 4.79 Å². The number of fused-ring (bicyclic) bond motifs is 1. The Hall–Kier alpha value is -3.02. The normalized spacial score (nSPS) is 10.8. The monoisotopic (exact) mass is 352 g/mol. The van der Waals surface area contributed by atoms with Crippen LogP contribution in [0.3, 0.4) is 0 Å². The zero-order valence-electron chi connectivity index (χ0n) is 15.6. The number of carbonyl (C=O) groups excluding carboxylic acids is 1. The van der Waals surface area contributed by atoms with Gasteiger partial charge in [-0.1, -0.05) is 12.1 Å². The van der Waals surface area contributed by atoms with E-state index >= 15 is 0 Å². The Labute approximate surface area is 153 Å². The molecule has 0 saturated heterocycles. The molecule has 0 saturated carbocycles. The quantitative estimate of drug-likeness (QED) is 0.684. The number of methoxy groups -OCH3 is 1. The van der Waals surface area contributed by atoms with Crippen LogP contribution in [0.25, 0.3) is 5.52 Å². The first-order chi connectivity index (χ1) is 12.5. The Morgan fingerprint density at radius 3 is 2.54 bits per heavy atom. The van der Waals surface area contributed by atoms with Crippen molar-refractivity contribution in [2.45, 2.75) is 13.5 Å². The smallest absolute Gasteiger partial charge is 0.257 e. The number of carbonyl (C=O) groups is 1. The molecular formula is C20H24N4O2. The zero-order valence-corrected chi connectivity index (χ0v) is 15.6. The maximum atomic E-state index is 13.1. The first-order valence-electron chi connectivity index (χ1n) is 8.60. The van der Waals surface area contributed by atoms with Crippen LogP contribution in [0.5, 0.6) is 5.75 Å². The van der Waals surface area contributed by atoms with Gasteiger partial charge in [0.05, 0.1) is 24.4 Å². The Kier molecular flexibility index (Phi) is 5.11. The summed E-state index contributed by atoms with van der Waals surface area (Å²) in [6.07, 6.45) is 3.41. The van der Waals surface area contributed by atoms with E-state index in [-0.39, 0.29) is 5.91 Å². The van der Waals surface area contributed by atoms with Crippen molar-refractivity contribution in [3.8, 4) is 5.75 Å². The summed E-state index contributed by atoms with van der Waals surface area (Å²) in [4.78, 5) is 16.9. The Balaban J connectivity index is 1.85. The number of benzene rings is 1. The molecule has 1 amide bonds. The third kappa shape index (κ3) is 3.49. The summed E-state index contributed by atoms with van der Waals surface area (Å²) in [6, 6.07) is 11.9. The van der Waals surface area contributed by atoms with E-state index in [1.807, 2.05) is 38.1 Å². The number of nitrogens with zero attached hydrogens (tertiary/aromatic N) is 4. The van der Waals surface area contributed by atoms with Gasteiger partial charge in [0.1, 0.15) is 5.75 Å². The SMILES string of the molecule is CCN(Cc1ccc(N(C)C)cc1)C(=O)c1cnn2ccc(OC)cc12. The van der Waals surface area contributed by atoms with E-state index < -0.39 is 0 Å². The van der Waals surface area contributed by atoms with Crippen LogP contribution >= 0.6 is 0 Å². The minimum atomic E-state index is -0.0348. The Morgan fingerprint density at radius 2 is 1.92 bits per heavy atom. The topological polar surface area (TPSA) is 50.1 Å². The van der Waals surface area contributed by atoms with Crippen molar-refractivity contribution >= 4 is 17.1 Å². The molecule has 26 heavy (non-hydrogen) atoms. The largest absolute Gasteiger partial charge is 0.497 e. The summed E-state index contributed by atoms with van der Waals surface area (Å²) in [5, 5.41) is 4.28. The van der Waals surface area contributed by atoms with Crippen LogP contribution in [0.1, 0.15) is 22.8 Å². The van der Waals surface area contributed by atoms with E-state index in [1.54, 1.807) is 24.0 Å². The third-order valence-corrected chi connectivity index (χ3v) is 4.45. The number of ether oxygens (including phenoxy) is 1. The lowest BCUT2D eigenvalue weighted by Gasteiger charge is -2.21. The van der Waals surface area contributed by atoms with E-state index in [4.69, 9.17) is 4.74 Å². The molecule has 2 aromatic heterocycles. The highest BCUT2D eigenvalue weighted by Crippen LogP contribution is 2.20. The molecule has 1 aromatic carbocycles. The highest BCUT2D eigenvalue weighted by Gasteiger charge is 2.19. The average molecular weight is 352 g/mol. The molecule has 0 fully saturated rings. The number of hydrogen-bond acceptors (Lipinski definition) is 4. The van der Waals surface area contributed by atoms with Gasteiger partial charge in [-0.3, -0.25) is 4.79 Å². The van der Waals surface area contributed by atoms with E-state index in [2.05, 4.69) is 34.3 Å². The van der Waals surface area contributed by atoms with Crippen molar-refractivity contribution in [3.63, 3.8) is 0 Å². The number of pyridine rings is 1. The molecular weight excluding hydrogens is 328 g/mol. The van der Waals surface area contributed by atoms with Crippen LogP contribution in [0.15, 0.2) is 48.8 Å². The summed E-state index contributed by atoms with van der Waals surface area (Å²) < 4.78 is 6.96.